The van der Waals surface area contributed by atoms with Crippen LogP contribution in [-0.4, -0.2) is 7.11 Å². The number of nitriles is 1. The Balaban J connectivity index is 2.01. The Hall–Kier alpha value is -2.02. The van der Waals surface area contributed by atoms with Crippen molar-refractivity contribution in [2.75, 3.05) is 7.11 Å². The molecule has 2 rings (SSSR count). The van der Waals surface area contributed by atoms with Crippen LogP contribution in [0.3, 0.4) is 0 Å². The Labute approximate surface area is 123 Å². The first-order chi connectivity index (χ1) is 9.74. The van der Waals surface area contributed by atoms with Crippen LogP contribution in [0.5, 0.6) is 5.75 Å². The molecule has 0 saturated carbocycles. The molecule has 0 atom stereocenters. The van der Waals surface area contributed by atoms with Gasteiger partial charge in [-0.25, -0.2) is 0 Å². The second-order valence-electron chi connectivity index (χ2n) is 4.34. The summed E-state index contributed by atoms with van der Waals surface area (Å²) >= 11 is 6.17. The van der Waals surface area contributed by atoms with E-state index in [1.54, 1.807) is 13.2 Å². The minimum Gasteiger partial charge on any atom is -0.496 e. The molecule has 0 aliphatic rings. The van der Waals surface area contributed by atoms with Crippen LogP contribution in [0.25, 0.3) is 0 Å². The summed E-state index contributed by atoms with van der Waals surface area (Å²) < 4.78 is 5.30. The first-order valence-corrected chi connectivity index (χ1v) is 6.63. The third-order valence-electron chi connectivity index (χ3n) is 2.98. The van der Waals surface area contributed by atoms with Crippen LogP contribution in [0.4, 0.5) is 0 Å². The van der Waals surface area contributed by atoms with Crippen molar-refractivity contribution in [3.05, 3.63) is 64.2 Å². The molecule has 102 valence electrons. The van der Waals surface area contributed by atoms with Gasteiger partial charge in [-0.3, -0.25) is 0 Å². The van der Waals surface area contributed by atoms with Gasteiger partial charge in [0.1, 0.15) is 5.75 Å². The lowest BCUT2D eigenvalue weighted by Gasteiger charge is -2.11. The zero-order chi connectivity index (χ0) is 14.4. The zero-order valence-corrected chi connectivity index (χ0v) is 11.9. The van der Waals surface area contributed by atoms with Crippen LogP contribution in [0.2, 0.25) is 5.02 Å². The number of methoxy groups -OCH3 is 1. The number of benzene rings is 2. The Kier molecular flexibility index (Phi) is 5.00. The van der Waals surface area contributed by atoms with Gasteiger partial charge in [-0.1, -0.05) is 29.8 Å². The second-order valence-corrected chi connectivity index (χ2v) is 4.74. The van der Waals surface area contributed by atoms with Crippen molar-refractivity contribution < 1.29 is 4.74 Å². The number of nitrogens with zero attached hydrogens (tertiary/aromatic N) is 1. The summed E-state index contributed by atoms with van der Waals surface area (Å²) in [6, 6.07) is 15.3. The Morgan fingerprint density at radius 3 is 2.75 bits per heavy atom. The third kappa shape index (κ3) is 3.51. The molecule has 2 aromatic carbocycles. The van der Waals surface area contributed by atoms with E-state index >= 15 is 0 Å². The van der Waals surface area contributed by atoms with Gasteiger partial charge in [0.25, 0.3) is 0 Å². The summed E-state index contributed by atoms with van der Waals surface area (Å²) in [5.41, 5.74) is 2.67. The molecule has 0 unspecified atom stereocenters. The highest BCUT2D eigenvalue weighted by molar-refractivity contribution is 6.31. The number of hydrogen-bond acceptors (Lipinski definition) is 3. The van der Waals surface area contributed by atoms with Crippen molar-refractivity contribution in [1.29, 1.82) is 5.26 Å². The molecule has 2 aromatic rings. The first kappa shape index (κ1) is 14.4. The Morgan fingerprint density at radius 2 is 2.00 bits per heavy atom. The molecule has 1 N–H and O–H groups in total. The summed E-state index contributed by atoms with van der Waals surface area (Å²) in [6.45, 7) is 1.28. The Morgan fingerprint density at radius 1 is 1.20 bits per heavy atom. The van der Waals surface area contributed by atoms with Gasteiger partial charge in [0.2, 0.25) is 0 Å². The smallest absolute Gasteiger partial charge is 0.124 e. The van der Waals surface area contributed by atoms with E-state index in [0.717, 1.165) is 16.9 Å². The molecule has 0 aliphatic carbocycles. The number of hydrogen-bond donors (Lipinski definition) is 1. The van der Waals surface area contributed by atoms with E-state index in [9.17, 15) is 0 Å². The fourth-order valence-corrected chi connectivity index (χ4v) is 2.22. The average Bonchev–Trinajstić information content (AvgIpc) is 2.49. The predicted molar refractivity (Wildman–Crippen MR) is 79.7 cm³/mol. The molecule has 20 heavy (non-hydrogen) atoms. The number of halogens is 1. The largest absolute Gasteiger partial charge is 0.496 e. The van der Waals surface area contributed by atoms with Gasteiger partial charge in [0, 0.05) is 23.7 Å². The average molecular weight is 287 g/mol. The zero-order valence-electron chi connectivity index (χ0n) is 11.2. The highest BCUT2D eigenvalue weighted by Gasteiger charge is 2.06. The van der Waals surface area contributed by atoms with Crippen LogP contribution >= 0.6 is 11.6 Å². The normalized spacial score (nSPS) is 10.1. The van der Waals surface area contributed by atoms with Crippen molar-refractivity contribution in [3.8, 4) is 11.8 Å². The molecule has 4 heteroatoms. The second kappa shape index (κ2) is 6.95. The van der Waals surface area contributed by atoms with E-state index in [1.807, 2.05) is 36.4 Å². The van der Waals surface area contributed by atoms with Crippen molar-refractivity contribution in [2.24, 2.45) is 0 Å². The van der Waals surface area contributed by atoms with Crippen molar-refractivity contribution >= 4 is 11.6 Å². The minimum atomic E-state index is 0.611. The van der Waals surface area contributed by atoms with Crippen molar-refractivity contribution in [2.45, 2.75) is 13.1 Å². The molecule has 0 saturated heterocycles. The quantitative estimate of drug-likeness (QED) is 0.915. The maximum Gasteiger partial charge on any atom is 0.124 e. The molecule has 0 amide bonds. The summed E-state index contributed by atoms with van der Waals surface area (Å²) in [7, 11) is 1.63. The molecule has 0 radical (unpaired) electrons. The lowest BCUT2D eigenvalue weighted by Crippen LogP contribution is -2.13. The fraction of sp³-hybridized carbons (Fsp3) is 0.188. The summed E-state index contributed by atoms with van der Waals surface area (Å²) in [5, 5.41) is 12.9. The lowest BCUT2D eigenvalue weighted by molar-refractivity contribution is 0.407. The third-order valence-corrected chi connectivity index (χ3v) is 3.34. The van der Waals surface area contributed by atoms with Crippen LogP contribution in [0.1, 0.15) is 16.7 Å². The van der Waals surface area contributed by atoms with Gasteiger partial charge >= 0.3 is 0 Å². The molecule has 0 spiro atoms. The fourth-order valence-electron chi connectivity index (χ4n) is 1.98. The van der Waals surface area contributed by atoms with Crippen LogP contribution in [0, 0.1) is 11.3 Å². The molecule has 0 bridgehead atoms. The molecule has 0 aliphatic heterocycles. The molecular formula is C16H15ClN2O. The SMILES string of the molecule is COc1cccc(Cl)c1CNCc1cccc(C#N)c1. The highest BCUT2D eigenvalue weighted by Crippen LogP contribution is 2.25. The van der Waals surface area contributed by atoms with E-state index < -0.39 is 0 Å². The van der Waals surface area contributed by atoms with E-state index in [-0.39, 0.29) is 0 Å². The predicted octanol–water partition coefficient (Wildman–Crippen LogP) is 3.51. The Bertz CT molecular complexity index is 635. The summed E-state index contributed by atoms with van der Waals surface area (Å²) in [5.74, 6) is 0.774. The van der Waals surface area contributed by atoms with Gasteiger partial charge in [-0.15, -0.1) is 0 Å². The minimum absolute atomic E-state index is 0.611. The monoisotopic (exact) mass is 286 g/mol. The van der Waals surface area contributed by atoms with Gasteiger partial charge in [0.15, 0.2) is 0 Å². The van der Waals surface area contributed by atoms with Gasteiger partial charge < -0.3 is 10.1 Å². The summed E-state index contributed by atoms with van der Waals surface area (Å²) in [6.07, 6.45) is 0. The van der Waals surface area contributed by atoms with E-state index in [4.69, 9.17) is 21.6 Å². The van der Waals surface area contributed by atoms with Gasteiger partial charge in [-0.05, 0) is 29.8 Å². The lowest BCUT2D eigenvalue weighted by atomic mass is 10.1. The van der Waals surface area contributed by atoms with E-state index in [0.29, 0.717) is 23.7 Å². The molecule has 0 heterocycles. The van der Waals surface area contributed by atoms with E-state index in [1.165, 1.54) is 0 Å². The topological polar surface area (TPSA) is 45.0 Å². The number of ether oxygens (including phenoxy) is 1. The number of rotatable bonds is 5. The molecular weight excluding hydrogens is 272 g/mol. The van der Waals surface area contributed by atoms with Crippen LogP contribution in [0.15, 0.2) is 42.5 Å². The standard InChI is InChI=1S/C16H15ClN2O/c1-20-16-7-3-6-15(17)14(16)11-19-10-13-5-2-4-12(8-13)9-18/h2-8,19H,10-11H2,1H3. The van der Waals surface area contributed by atoms with Crippen LogP contribution in [-0.2, 0) is 13.1 Å². The van der Waals surface area contributed by atoms with Crippen LogP contribution < -0.4 is 10.1 Å². The van der Waals surface area contributed by atoms with Crippen molar-refractivity contribution in [3.63, 3.8) is 0 Å². The highest BCUT2D eigenvalue weighted by atomic mass is 35.5. The summed E-state index contributed by atoms with van der Waals surface area (Å²) in [4.78, 5) is 0. The molecule has 0 aromatic heterocycles. The first-order valence-electron chi connectivity index (χ1n) is 6.25. The van der Waals surface area contributed by atoms with Gasteiger partial charge in [0.05, 0.1) is 18.7 Å². The number of nitrogens with one attached hydrogen (secondary N) is 1. The molecule has 3 nitrogen and oxygen atoms in total. The molecule has 0 fully saturated rings. The van der Waals surface area contributed by atoms with Crippen molar-refractivity contribution in [1.82, 2.24) is 5.32 Å². The maximum atomic E-state index is 8.87. The maximum absolute atomic E-state index is 8.87. The van der Waals surface area contributed by atoms with Gasteiger partial charge in [-0.2, -0.15) is 5.26 Å². The van der Waals surface area contributed by atoms with E-state index in [2.05, 4.69) is 11.4 Å².